The minimum atomic E-state index is -0.891. The number of piperazine rings is 1. The summed E-state index contributed by atoms with van der Waals surface area (Å²) in [7, 11) is 0. The molecule has 0 spiro atoms. The van der Waals surface area contributed by atoms with Crippen molar-refractivity contribution in [2.75, 3.05) is 39.4 Å². The standard InChI is InChI=1S/C24H27N5O3/c1-2-29-21-13-19(7-8-20(21)14-26-29)17-3-5-18(6-4-17)22(30)27-9-11-28(12-10-27)23(31)24(25)15-32-16-24/h2-8,13-14,21,26H,1,9-12,15-16,25H2. The molecule has 5 rings (SSSR count). The van der Waals surface area contributed by atoms with Crippen LogP contribution in [0.1, 0.15) is 15.9 Å². The van der Waals surface area contributed by atoms with Gasteiger partial charge in [-0.15, -0.1) is 0 Å². The van der Waals surface area contributed by atoms with E-state index in [9.17, 15) is 9.59 Å². The number of nitrogens with zero attached hydrogens (tertiary/aromatic N) is 3. The van der Waals surface area contributed by atoms with E-state index in [0.29, 0.717) is 31.7 Å². The second-order valence-electron chi connectivity index (χ2n) is 8.57. The van der Waals surface area contributed by atoms with Gasteiger partial charge in [0.15, 0.2) is 0 Å². The van der Waals surface area contributed by atoms with Crippen LogP contribution in [0.25, 0.3) is 5.57 Å². The van der Waals surface area contributed by atoms with Crippen LogP contribution in [0.4, 0.5) is 0 Å². The molecule has 4 aliphatic rings. The predicted octanol–water partition coefficient (Wildman–Crippen LogP) is 0.868. The summed E-state index contributed by atoms with van der Waals surface area (Å²) in [6, 6.07) is 7.81. The minimum absolute atomic E-state index is 0.0192. The Hall–Kier alpha value is -3.36. The first-order valence-electron chi connectivity index (χ1n) is 10.8. The predicted molar refractivity (Wildman–Crippen MR) is 121 cm³/mol. The molecule has 1 atom stereocenters. The lowest BCUT2D eigenvalue weighted by Crippen LogP contribution is -2.68. The molecule has 32 heavy (non-hydrogen) atoms. The number of fused-ring (bicyclic) bond motifs is 1. The quantitative estimate of drug-likeness (QED) is 0.732. The zero-order chi connectivity index (χ0) is 22.3. The van der Waals surface area contributed by atoms with Crippen molar-refractivity contribution < 1.29 is 14.3 Å². The van der Waals surface area contributed by atoms with Crippen molar-refractivity contribution in [3.05, 3.63) is 78.2 Å². The van der Waals surface area contributed by atoms with Gasteiger partial charge in [0.1, 0.15) is 5.54 Å². The first kappa shape index (κ1) is 20.5. The Morgan fingerprint density at radius 1 is 1.09 bits per heavy atom. The number of nitrogens with one attached hydrogen (secondary N) is 1. The third kappa shape index (κ3) is 3.51. The summed E-state index contributed by atoms with van der Waals surface area (Å²) >= 11 is 0. The SMILES string of the molecule is C=CN1NC=C2C=CC(c3ccc(C(=O)N4CCN(C(=O)C5(N)COC5)CC4)cc3)=CC21. The van der Waals surface area contributed by atoms with E-state index in [1.807, 2.05) is 35.5 Å². The van der Waals surface area contributed by atoms with Gasteiger partial charge in [-0.05, 0) is 34.9 Å². The molecule has 3 aliphatic heterocycles. The van der Waals surface area contributed by atoms with E-state index in [2.05, 4.69) is 30.2 Å². The fourth-order valence-corrected chi connectivity index (χ4v) is 4.43. The summed E-state index contributed by atoms with van der Waals surface area (Å²) in [6.45, 7) is 6.35. The van der Waals surface area contributed by atoms with Crippen molar-refractivity contribution in [2.24, 2.45) is 5.73 Å². The van der Waals surface area contributed by atoms with E-state index in [4.69, 9.17) is 10.5 Å². The second-order valence-corrected chi connectivity index (χ2v) is 8.57. The van der Waals surface area contributed by atoms with Gasteiger partial charge in [-0.25, -0.2) is 0 Å². The zero-order valence-electron chi connectivity index (χ0n) is 17.9. The van der Waals surface area contributed by atoms with Gasteiger partial charge in [0.05, 0.1) is 19.3 Å². The van der Waals surface area contributed by atoms with Gasteiger partial charge >= 0.3 is 0 Å². The highest BCUT2D eigenvalue weighted by Gasteiger charge is 2.45. The summed E-state index contributed by atoms with van der Waals surface area (Å²) < 4.78 is 5.09. The molecular formula is C24H27N5O3. The average Bonchev–Trinajstić information content (AvgIpc) is 3.24. The van der Waals surface area contributed by atoms with Gasteiger partial charge in [0.25, 0.3) is 5.91 Å². The molecule has 3 heterocycles. The van der Waals surface area contributed by atoms with E-state index >= 15 is 0 Å². The highest BCUT2D eigenvalue weighted by Crippen LogP contribution is 2.29. The van der Waals surface area contributed by atoms with Gasteiger partial charge in [-0.1, -0.05) is 30.9 Å². The first-order chi connectivity index (χ1) is 15.5. The number of carbonyl (C=O) groups excluding carboxylic acids is 2. The van der Waals surface area contributed by atoms with Crippen LogP contribution in [-0.2, 0) is 9.53 Å². The molecule has 2 saturated heterocycles. The topological polar surface area (TPSA) is 91.1 Å². The Morgan fingerprint density at radius 2 is 1.78 bits per heavy atom. The molecule has 2 fully saturated rings. The molecule has 1 unspecified atom stereocenters. The Bertz CT molecular complexity index is 1030. The molecule has 8 nitrogen and oxygen atoms in total. The molecule has 1 aromatic carbocycles. The Labute approximate surface area is 187 Å². The molecular weight excluding hydrogens is 406 g/mol. The van der Waals surface area contributed by atoms with Crippen LogP contribution in [0.3, 0.4) is 0 Å². The number of amides is 2. The fraction of sp³-hybridized carbons (Fsp3) is 0.333. The number of nitrogens with two attached hydrogens (primary N) is 1. The molecule has 8 heteroatoms. The monoisotopic (exact) mass is 433 g/mol. The van der Waals surface area contributed by atoms with Gasteiger partial charge in [-0.2, -0.15) is 0 Å². The third-order valence-corrected chi connectivity index (χ3v) is 6.48. The van der Waals surface area contributed by atoms with Gasteiger partial charge in [0, 0.05) is 44.1 Å². The number of hydrogen-bond donors (Lipinski definition) is 2. The van der Waals surface area contributed by atoms with Crippen molar-refractivity contribution in [3.63, 3.8) is 0 Å². The molecule has 3 N–H and O–H groups in total. The maximum absolute atomic E-state index is 13.0. The van der Waals surface area contributed by atoms with E-state index in [1.54, 1.807) is 16.0 Å². The average molecular weight is 434 g/mol. The van der Waals surface area contributed by atoms with Crippen molar-refractivity contribution in [3.8, 4) is 0 Å². The number of hydrazine groups is 1. The van der Waals surface area contributed by atoms with Crippen LogP contribution >= 0.6 is 0 Å². The lowest BCUT2D eigenvalue weighted by molar-refractivity contribution is -0.155. The van der Waals surface area contributed by atoms with E-state index in [-0.39, 0.29) is 31.1 Å². The second kappa shape index (κ2) is 7.96. The lowest BCUT2D eigenvalue weighted by Gasteiger charge is -2.43. The van der Waals surface area contributed by atoms with Crippen molar-refractivity contribution in [1.29, 1.82) is 0 Å². The highest BCUT2D eigenvalue weighted by molar-refractivity contribution is 5.95. The molecule has 1 aliphatic carbocycles. The van der Waals surface area contributed by atoms with Crippen LogP contribution < -0.4 is 11.2 Å². The number of benzene rings is 1. The first-order valence-corrected chi connectivity index (χ1v) is 10.8. The van der Waals surface area contributed by atoms with Crippen molar-refractivity contribution in [1.82, 2.24) is 20.2 Å². The summed E-state index contributed by atoms with van der Waals surface area (Å²) in [6.07, 6.45) is 10.1. The van der Waals surface area contributed by atoms with Crippen molar-refractivity contribution in [2.45, 2.75) is 11.6 Å². The highest BCUT2D eigenvalue weighted by atomic mass is 16.5. The summed E-state index contributed by atoms with van der Waals surface area (Å²) in [5.74, 6) is -0.103. The van der Waals surface area contributed by atoms with Crippen LogP contribution in [0, 0.1) is 0 Å². The summed E-state index contributed by atoms with van der Waals surface area (Å²) in [5, 5.41) is 1.95. The Balaban J connectivity index is 1.22. The molecule has 0 bridgehead atoms. The molecule has 0 saturated carbocycles. The van der Waals surface area contributed by atoms with Crippen molar-refractivity contribution >= 4 is 17.4 Å². The number of carbonyl (C=O) groups is 2. The maximum atomic E-state index is 13.0. The lowest BCUT2D eigenvalue weighted by atomic mass is 9.93. The van der Waals surface area contributed by atoms with Gasteiger partial charge in [-0.3, -0.25) is 14.6 Å². The van der Waals surface area contributed by atoms with E-state index < -0.39 is 5.54 Å². The van der Waals surface area contributed by atoms with Gasteiger partial charge in [0.2, 0.25) is 5.91 Å². The summed E-state index contributed by atoms with van der Waals surface area (Å²) in [4.78, 5) is 29.0. The smallest absolute Gasteiger partial charge is 0.253 e. The van der Waals surface area contributed by atoms with Crippen LogP contribution in [0.5, 0.6) is 0 Å². The molecule has 0 aromatic heterocycles. The van der Waals surface area contributed by atoms with Gasteiger partial charge < -0.3 is 25.7 Å². The number of ether oxygens (including phenoxy) is 1. The van der Waals surface area contributed by atoms with E-state index in [1.165, 1.54) is 5.57 Å². The molecule has 1 aromatic rings. The fourth-order valence-electron chi connectivity index (χ4n) is 4.43. The zero-order valence-corrected chi connectivity index (χ0v) is 17.9. The number of rotatable bonds is 4. The maximum Gasteiger partial charge on any atom is 0.253 e. The van der Waals surface area contributed by atoms with Crippen LogP contribution in [0.2, 0.25) is 0 Å². The molecule has 0 radical (unpaired) electrons. The molecule has 2 amide bonds. The third-order valence-electron chi connectivity index (χ3n) is 6.48. The minimum Gasteiger partial charge on any atom is -0.376 e. The Kier molecular flexibility index (Phi) is 5.11. The molecule has 166 valence electrons. The van der Waals surface area contributed by atoms with Crippen LogP contribution in [-0.4, -0.2) is 77.6 Å². The largest absolute Gasteiger partial charge is 0.376 e. The summed E-state index contributed by atoms with van der Waals surface area (Å²) in [5.41, 5.74) is 12.3. The Morgan fingerprint density at radius 3 is 2.41 bits per heavy atom. The number of hydrogen-bond acceptors (Lipinski definition) is 6. The number of allylic oxidation sites excluding steroid dienone is 2. The normalized spacial score (nSPS) is 23.5. The van der Waals surface area contributed by atoms with Crippen LogP contribution in [0.15, 0.2) is 67.0 Å². The van der Waals surface area contributed by atoms with E-state index in [0.717, 1.165) is 11.1 Å².